The average Bonchev–Trinajstić information content (AvgIpc) is 2.48. The molecule has 0 bridgehead atoms. The molecule has 1 unspecified atom stereocenters. The topological polar surface area (TPSA) is 58.4 Å². The predicted molar refractivity (Wildman–Crippen MR) is 91.4 cm³/mol. The monoisotopic (exact) mass is 299 g/mol. The van der Waals surface area contributed by atoms with Crippen molar-refractivity contribution in [2.24, 2.45) is 5.73 Å². The van der Waals surface area contributed by atoms with E-state index in [0.717, 1.165) is 39.0 Å². The van der Waals surface area contributed by atoms with Crippen molar-refractivity contribution in [3.05, 3.63) is 0 Å². The van der Waals surface area contributed by atoms with Crippen molar-refractivity contribution < 1.29 is 4.79 Å². The molecule has 4 heteroatoms. The summed E-state index contributed by atoms with van der Waals surface area (Å²) in [6.45, 7) is 10.5. The van der Waals surface area contributed by atoms with Crippen LogP contribution < -0.4 is 11.1 Å². The Balaban J connectivity index is 3.70. The fraction of sp³-hybridized carbons (Fsp3) is 0.941. The molecule has 21 heavy (non-hydrogen) atoms. The van der Waals surface area contributed by atoms with Crippen molar-refractivity contribution >= 4 is 5.91 Å². The van der Waals surface area contributed by atoms with Crippen LogP contribution in [-0.4, -0.2) is 43.0 Å². The summed E-state index contributed by atoms with van der Waals surface area (Å²) < 4.78 is 0. The lowest BCUT2D eigenvalue weighted by atomic mass is 10.0. The van der Waals surface area contributed by atoms with E-state index in [1.165, 1.54) is 38.5 Å². The first-order valence-corrected chi connectivity index (χ1v) is 8.90. The van der Waals surface area contributed by atoms with Gasteiger partial charge in [-0.15, -0.1) is 0 Å². The van der Waals surface area contributed by atoms with Crippen LogP contribution in [0.25, 0.3) is 0 Å². The molecular formula is C17H37N3O. The number of unbranched alkanes of at least 4 members (excludes halogenated alkanes) is 6. The quantitative estimate of drug-likeness (QED) is 0.457. The Labute approximate surface area is 131 Å². The smallest absolute Gasteiger partial charge is 0.234 e. The summed E-state index contributed by atoms with van der Waals surface area (Å²) in [6.07, 6.45) is 9.77. The number of nitrogens with zero attached hydrogens (tertiary/aromatic N) is 1. The molecular weight excluding hydrogens is 262 g/mol. The van der Waals surface area contributed by atoms with Gasteiger partial charge in [0.15, 0.2) is 0 Å². The van der Waals surface area contributed by atoms with Crippen molar-refractivity contribution in [3.63, 3.8) is 0 Å². The number of nitrogens with one attached hydrogen (secondary N) is 1. The highest BCUT2D eigenvalue weighted by Crippen LogP contribution is 2.09. The Morgan fingerprint density at radius 2 is 1.57 bits per heavy atom. The number of hydrogen-bond acceptors (Lipinski definition) is 3. The van der Waals surface area contributed by atoms with E-state index in [9.17, 15) is 4.79 Å². The maximum atomic E-state index is 11.5. The molecule has 0 saturated carbocycles. The molecule has 0 aromatic carbocycles. The van der Waals surface area contributed by atoms with Crippen molar-refractivity contribution in [2.45, 2.75) is 78.2 Å². The number of primary amides is 1. The highest BCUT2D eigenvalue weighted by Gasteiger charge is 2.13. The van der Waals surface area contributed by atoms with Gasteiger partial charge in [-0.25, -0.2) is 0 Å². The van der Waals surface area contributed by atoms with Crippen LogP contribution in [0.5, 0.6) is 0 Å². The van der Waals surface area contributed by atoms with Crippen LogP contribution in [0.1, 0.15) is 72.1 Å². The van der Waals surface area contributed by atoms with E-state index < -0.39 is 0 Å². The maximum Gasteiger partial charge on any atom is 0.234 e. The molecule has 0 aliphatic heterocycles. The van der Waals surface area contributed by atoms with Gasteiger partial charge in [-0.3, -0.25) is 4.79 Å². The van der Waals surface area contributed by atoms with E-state index in [2.05, 4.69) is 31.0 Å². The zero-order valence-electron chi connectivity index (χ0n) is 14.5. The summed E-state index contributed by atoms with van der Waals surface area (Å²) in [7, 11) is 0. The third-order valence-corrected chi connectivity index (χ3v) is 4.15. The lowest BCUT2D eigenvalue weighted by molar-refractivity contribution is -0.120. The normalized spacial score (nSPS) is 12.8. The molecule has 0 fully saturated rings. The molecule has 0 saturated heterocycles. The predicted octanol–water partition coefficient (Wildman–Crippen LogP) is 2.91. The summed E-state index contributed by atoms with van der Waals surface area (Å²) in [6, 6.07) is -0.156. The maximum absolute atomic E-state index is 11.5. The summed E-state index contributed by atoms with van der Waals surface area (Å²) in [5, 5.41) is 3.31. The average molecular weight is 300 g/mol. The van der Waals surface area contributed by atoms with Gasteiger partial charge in [-0.2, -0.15) is 0 Å². The van der Waals surface area contributed by atoms with E-state index in [1.807, 2.05) is 0 Å². The van der Waals surface area contributed by atoms with Gasteiger partial charge in [-0.05, 0) is 19.5 Å². The lowest BCUT2D eigenvalue weighted by Gasteiger charge is -2.21. The number of likely N-dealkylation sites (N-methyl/N-ethyl adjacent to an activating group) is 1. The SMILES string of the molecule is CCCCCCCCCC(NCCN(CC)CC)C(N)=O. The zero-order valence-corrected chi connectivity index (χ0v) is 14.5. The van der Waals surface area contributed by atoms with Gasteiger partial charge in [0.25, 0.3) is 0 Å². The molecule has 126 valence electrons. The van der Waals surface area contributed by atoms with Crippen molar-refractivity contribution in [2.75, 3.05) is 26.2 Å². The second kappa shape index (κ2) is 14.3. The largest absolute Gasteiger partial charge is 0.368 e. The molecule has 3 N–H and O–H groups in total. The Bertz CT molecular complexity index is 242. The highest BCUT2D eigenvalue weighted by atomic mass is 16.1. The van der Waals surface area contributed by atoms with E-state index >= 15 is 0 Å². The zero-order chi connectivity index (χ0) is 15.9. The third kappa shape index (κ3) is 11.7. The van der Waals surface area contributed by atoms with Crippen LogP contribution in [0.15, 0.2) is 0 Å². The molecule has 0 radical (unpaired) electrons. The number of carbonyl (C=O) groups is 1. The van der Waals surface area contributed by atoms with Gasteiger partial charge < -0.3 is 16.0 Å². The van der Waals surface area contributed by atoms with E-state index in [0.29, 0.717) is 0 Å². The minimum atomic E-state index is -0.208. The van der Waals surface area contributed by atoms with Crippen LogP contribution >= 0.6 is 0 Å². The van der Waals surface area contributed by atoms with Crippen LogP contribution in [-0.2, 0) is 4.79 Å². The van der Waals surface area contributed by atoms with Gasteiger partial charge in [0.05, 0.1) is 6.04 Å². The molecule has 0 aromatic rings. The van der Waals surface area contributed by atoms with Crippen molar-refractivity contribution in [3.8, 4) is 0 Å². The number of carbonyl (C=O) groups excluding carboxylic acids is 1. The van der Waals surface area contributed by atoms with Gasteiger partial charge in [-0.1, -0.05) is 65.7 Å². The number of hydrogen-bond donors (Lipinski definition) is 2. The van der Waals surface area contributed by atoms with Crippen molar-refractivity contribution in [1.29, 1.82) is 0 Å². The van der Waals surface area contributed by atoms with Crippen LogP contribution in [0.2, 0.25) is 0 Å². The van der Waals surface area contributed by atoms with Crippen LogP contribution in [0, 0.1) is 0 Å². The highest BCUT2D eigenvalue weighted by molar-refractivity contribution is 5.79. The molecule has 0 rings (SSSR count). The molecule has 0 heterocycles. The third-order valence-electron chi connectivity index (χ3n) is 4.15. The van der Waals surface area contributed by atoms with Crippen molar-refractivity contribution in [1.82, 2.24) is 10.2 Å². The van der Waals surface area contributed by atoms with Gasteiger partial charge in [0.1, 0.15) is 0 Å². The lowest BCUT2D eigenvalue weighted by Crippen LogP contribution is -2.44. The summed E-state index contributed by atoms with van der Waals surface area (Å²) >= 11 is 0. The van der Waals surface area contributed by atoms with E-state index in [1.54, 1.807) is 0 Å². The molecule has 1 atom stereocenters. The summed E-state index contributed by atoms with van der Waals surface area (Å²) in [4.78, 5) is 13.8. The second-order valence-corrected chi connectivity index (χ2v) is 5.85. The standard InChI is InChI=1S/C17H37N3O/c1-4-7-8-9-10-11-12-13-16(17(18)21)19-14-15-20(5-2)6-3/h16,19H,4-15H2,1-3H3,(H2,18,21). The van der Waals surface area contributed by atoms with Gasteiger partial charge in [0, 0.05) is 13.1 Å². The van der Waals surface area contributed by atoms with Crippen LogP contribution in [0.3, 0.4) is 0 Å². The Morgan fingerprint density at radius 3 is 2.10 bits per heavy atom. The number of amides is 1. The number of nitrogens with two attached hydrogens (primary N) is 1. The Morgan fingerprint density at radius 1 is 1.00 bits per heavy atom. The molecule has 0 aliphatic carbocycles. The first-order valence-electron chi connectivity index (χ1n) is 8.90. The first kappa shape index (κ1) is 20.4. The minimum Gasteiger partial charge on any atom is -0.368 e. The van der Waals surface area contributed by atoms with Gasteiger partial charge >= 0.3 is 0 Å². The Kier molecular flexibility index (Phi) is 13.9. The first-order chi connectivity index (χ1) is 10.2. The Hall–Kier alpha value is -0.610. The molecule has 0 aliphatic rings. The summed E-state index contributed by atoms with van der Waals surface area (Å²) in [5.74, 6) is -0.208. The molecule has 0 aromatic heterocycles. The fourth-order valence-corrected chi connectivity index (χ4v) is 2.59. The second-order valence-electron chi connectivity index (χ2n) is 5.85. The van der Waals surface area contributed by atoms with E-state index in [4.69, 9.17) is 5.73 Å². The minimum absolute atomic E-state index is 0.156. The summed E-state index contributed by atoms with van der Waals surface area (Å²) in [5.41, 5.74) is 5.48. The van der Waals surface area contributed by atoms with E-state index in [-0.39, 0.29) is 11.9 Å². The molecule has 1 amide bonds. The van der Waals surface area contributed by atoms with Crippen LogP contribution in [0.4, 0.5) is 0 Å². The number of rotatable bonds is 15. The van der Waals surface area contributed by atoms with Gasteiger partial charge in [0.2, 0.25) is 5.91 Å². The molecule has 4 nitrogen and oxygen atoms in total. The fourth-order valence-electron chi connectivity index (χ4n) is 2.59. The molecule has 0 spiro atoms.